The van der Waals surface area contributed by atoms with Crippen molar-refractivity contribution in [1.82, 2.24) is 0 Å². The van der Waals surface area contributed by atoms with Crippen LogP contribution in [0.1, 0.15) is 0 Å². The molecule has 1 saturated heterocycles. The van der Waals surface area contributed by atoms with Crippen LogP contribution in [0.4, 0.5) is 0 Å². The number of benzene rings is 2. The van der Waals surface area contributed by atoms with E-state index in [1.54, 1.807) is 10.6 Å². The molecule has 0 amide bonds. The predicted molar refractivity (Wildman–Crippen MR) is 101 cm³/mol. The third kappa shape index (κ3) is 3.90. The van der Waals surface area contributed by atoms with Crippen molar-refractivity contribution in [2.75, 3.05) is 0 Å². The molecular weight excluding hydrogens is 680 g/mol. The average molecular weight is 690 g/mol. The Labute approximate surface area is 156 Å². The Bertz CT molecular complexity index is 610. The summed E-state index contributed by atoms with van der Waals surface area (Å²) in [5.74, 6) is 0. The van der Waals surface area contributed by atoms with Crippen molar-refractivity contribution in [2.24, 2.45) is 0 Å². The van der Waals surface area contributed by atoms with Gasteiger partial charge in [0.15, 0.2) is 0 Å². The van der Waals surface area contributed by atoms with E-state index in [4.69, 9.17) is 0 Å². The molecule has 0 N–H and O–H groups in total. The van der Waals surface area contributed by atoms with E-state index in [-0.39, 0.29) is 0 Å². The summed E-state index contributed by atoms with van der Waals surface area (Å²) in [6.07, 6.45) is 0. The Kier molecular flexibility index (Phi) is 6.50. The van der Waals surface area contributed by atoms with Gasteiger partial charge in [-0.3, -0.25) is 0 Å². The van der Waals surface area contributed by atoms with Gasteiger partial charge in [0, 0.05) is 0 Å². The third-order valence-corrected chi connectivity index (χ3v) is 143. The Morgan fingerprint density at radius 1 is 0.550 bits per heavy atom. The molecule has 0 spiro atoms. The van der Waals surface area contributed by atoms with E-state index in [0.29, 0.717) is 0 Å². The van der Waals surface area contributed by atoms with Gasteiger partial charge >= 0.3 is 158 Å². The molecule has 104 valence electrons. The quantitative estimate of drug-likeness (QED) is 0.329. The summed E-state index contributed by atoms with van der Waals surface area (Å²) in [5.41, 5.74) is 0. The summed E-state index contributed by atoms with van der Waals surface area (Å²) < 4.78 is -1.71. The van der Waals surface area contributed by atoms with Crippen LogP contribution in [-0.2, 0) is 0 Å². The zero-order chi connectivity index (χ0) is 14.1. The minimum atomic E-state index is -0.853. The number of rotatable bonds is 2. The van der Waals surface area contributed by atoms with Crippen molar-refractivity contribution in [3.63, 3.8) is 0 Å². The summed E-state index contributed by atoms with van der Waals surface area (Å²) in [7, 11) is 0. The summed E-state index contributed by atoms with van der Waals surface area (Å²) in [5, 5.41) is 3.31. The average Bonchev–Trinajstić information content (AvgIpc) is 2.52. The van der Waals surface area contributed by atoms with Gasteiger partial charge in [0.05, 0.1) is 0 Å². The van der Waals surface area contributed by atoms with Gasteiger partial charge in [-0.25, -0.2) is 0 Å². The Balaban J connectivity index is 1.84. The number of hydrogen-bond donors (Lipinski definition) is 0. The van der Waals surface area contributed by atoms with Crippen LogP contribution in [-0.4, -0.2) is 81.0 Å². The summed E-state index contributed by atoms with van der Waals surface area (Å²) in [6, 6.07) is 22.6. The van der Waals surface area contributed by atoms with Gasteiger partial charge in [0.25, 0.3) is 0 Å². The second-order valence-electron chi connectivity index (χ2n) is 3.96. The van der Waals surface area contributed by atoms with Gasteiger partial charge in [-0.05, 0) is 0 Å². The molecule has 0 aliphatic carbocycles. The summed E-state index contributed by atoms with van der Waals surface area (Å²) in [4.78, 5) is 0. The molecule has 0 bridgehead atoms. The van der Waals surface area contributed by atoms with E-state index in [1.165, 1.54) is 0 Å². The molecule has 8 heteroatoms. The molecule has 0 nitrogen and oxygen atoms in total. The van der Waals surface area contributed by atoms with E-state index < -0.39 is 5.78 Å². The second-order valence-corrected chi connectivity index (χ2v) is 72.6. The van der Waals surface area contributed by atoms with Gasteiger partial charge in [-0.2, -0.15) is 0 Å². The van der Waals surface area contributed by atoms with E-state index in [0.717, 1.165) is 50.8 Å². The molecule has 1 fully saturated rings. The molecule has 20 heavy (non-hydrogen) atoms. The molecule has 1 heterocycles. The minimum absolute atomic E-state index is 0.830. The monoisotopic (exact) mass is 696 g/mol. The van der Waals surface area contributed by atoms with Crippen LogP contribution in [0.15, 0.2) is 60.7 Å². The number of hydrogen-bond acceptors (Lipinski definition) is 0. The van der Waals surface area contributed by atoms with E-state index >= 15 is 0 Å². The summed E-state index contributed by atoms with van der Waals surface area (Å²) >= 11 is 10.7. The first-order valence-electron chi connectivity index (χ1n) is 5.70. The maximum atomic E-state index is 3.70. The molecule has 1 aliphatic rings. The van der Waals surface area contributed by atoms with Gasteiger partial charge in [-0.1, -0.05) is 0 Å². The summed E-state index contributed by atoms with van der Waals surface area (Å²) in [6.45, 7) is 0. The molecule has 2 aromatic carbocycles. The van der Waals surface area contributed by atoms with Crippen LogP contribution in [0, 0.1) is 0 Å². The zero-order valence-corrected chi connectivity index (χ0v) is 22.2. The van der Waals surface area contributed by atoms with Crippen molar-refractivity contribution in [3.05, 3.63) is 60.7 Å². The standard InChI is InChI=1S/C12H10P2Se6/c15-13(11-7-3-1-4-8-11)17-19-14(16,20-18-13)12-9-5-2-6-10-12/h1-10H. The van der Waals surface area contributed by atoms with Gasteiger partial charge in [0.2, 0.25) is 0 Å². The fourth-order valence-corrected chi connectivity index (χ4v) is 229. The van der Waals surface area contributed by atoms with E-state index in [9.17, 15) is 0 Å². The van der Waals surface area contributed by atoms with E-state index in [1.807, 2.05) is 0 Å². The Morgan fingerprint density at radius 2 is 0.850 bits per heavy atom. The van der Waals surface area contributed by atoms with Crippen LogP contribution >= 0.6 is 5.78 Å². The fourth-order valence-electron chi connectivity index (χ4n) is 1.59. The molecule has 1 aliphatic heterocycles. The van der Waals surface area contributed by atoms with Crippen molar-refractivity contribution >= 4 is 97.3 Å². The first-order chi connectivity index (χ1) is 9.62. The van der Waals surface area contributed by atoms with E-state index in [2.05, 4.69) is 90.9 Å². The molecule has 0 saturated carbocycles. The molecule has 3 rings (SSSR count). The van der Waals surface area contributed by atoms with Crippen molar-refractivity contribution in [1.29, 1.82) is 0 Å². The molecule has 0 aromatic heterocycles. The normalized spacial score (nSPS) is 30.0. The first-order valence-corrected chi connectivity index (χ1v) is 31.2. The molecule has 2 aromatic rings. The maximum absolute atomic E-state index is 3.70. The van der Waals surface area contributed by atoms with Crippen molar-refractivity contribution in [2.45, 2.75) is 0 Å². The second kappa shape index (κ2) is 7.54. The topological polar surface area (TPSA) is 0 Å². The predicted octanol–water partition coefficient (Wildman–Crippen LogP) is 1.16. The zero-order valence-electron chi connectivity index (χ0n) is 10.1. The van der Waals surface area contributed by atoms with Gasteiger partial charge in [-0.15, -0.1) is 0 Å². The van der Waals surface area contributed by atoms with Gasteiger partial charge < -0.3 is 0 Å². The molecule has 0 radical (unpaired) electrons. The van der Waals surface area contributed by atoms with Crippen molar-refractivity contribution in [3.8, 4) is 0 Å². The van der Waals surface area contributed by atoms with Crippen LogP contribution in [0.25, 0.3) is 0 Å². The van der Waals surface area contributed by atoms with Crippen LogP contribution < -0.4 is 10.6 Å². The third-order valence-electron chi connectivity index (χ3n) is 2.60. The molecule has 0 atom stereocenters. The van der Waals surface area contributed by atoms with Crippen molar-refractivity contribution < 1.29 is 0 Å². The fraction of sp³-hybridized carbons (Fsp3) is 0. The van der Waals surface area contributed by atoms with Crippen LogP contribution in [0.2, 0.25) is 0 Å². The van der Waals surface area contributed by atoms with Crippen LogP contribution in [0.5, 0.6) is 0 Å². The Hall–Kier alpha value is 2.42. The SMILES string of the molecule is [Se]=P1(c2ccccc2)[Se][Se]P(=[Se])(c2ccccc2)[Se][Se]1. The Morgan fingerprint density at radius 3 is 1.15 bits per heavy atom. The molecular formula is C12H10P2Se6. The van der Waals surface area contributed by atoms with Crippen LogP contribution in [0.3, 0.4) is 0 Å². The van der Waals surface area contributed by atoms with Gasteiger partial charge in [0.1, 0.15) is 0 Å². The molecule has 0 unspecified atom stereocenters. The first kappa shape index (κ1) is 17.2.